The summed E-state index contributed by atoms with van der Waals surface area (Å²) in [7, 11) is 0. The van der Waals surface area contributed by atoms with Gasteiger partial charge in [0.15, 0.2) is 6.10 Å². The van der Waals surface area contributed by atoms with E-state index in [0.717, 1.165) is 53.9 Å². The summed E-state index contributed by atoms with van der Waals surface area (Å²) in [6.07, 6.45) is -8.73. The minimum absolute atomic E-state index is 0.242. The van der Waals surface area contributed by atoms with E-state index in [1.54, 1.807) is 13.8 Å². The molecular weight excluding hydrogens is 508 g/mol. The predicted molar refractivity (Wildman–Crippen MR) is 138 cm³/mol. The SMILES string of the molecule is CC/C(O)=C(/CC/C(C)=C(\C)c1ccc(OC(C)C(F)(F)F)c(C(F)(F)F)c1)c1cccc2c1NCCC2. The van der Waals surface area contributed by atoms with Gasteiger partial charge < -0.3 is 15.2 Å². The highest BCUT2D eigenvalue weighted by molar-refractivity contribution is 5.80. The molecule has 0 fully saturated rings. The van der Waals surface area contributed by atoms with Crippen molar-refractivity contribution >= 4 is 16.8 Å². The zero-order chi connectivity index (χ0) is 28.3. The summed E-state index contributed by atoms with van der Waals surface area (Å²) in [4.78, 5) is 0. The number of fused-ring (bicyclic) bond motifs is 1. The Morgan fingerprint density at radius 2 is 1.76 bits per heavy atom. The van der Waals surface area contributed by atoms with Crippen LogP contribution in [0.25, 0.3) is 11.1 Å². The van der Waals surface area contributed by atoms with E-state index in [1.807, 2.05) is 19.1 Å². The van der Waals surface area contributed by atoms with Gasteiger partial charge in [0, 0.05) is 24.2 Å². The molecule has 3 rings (SSSR count). The van der Waals surface area contributed by atoms with Gasteiger partial charge in [0.05, 0.1) is 11.3 Å². The Hall–Kier alpha value is -3.10. The Kier molecular flexibility index (Phi) is 9.10. The van der Waals surface area contributed by atoms with Crippen molar-refractivity contribution in [2.75, 3.05) is 11.9 Å². The molecule has 0 radical (unpaired) electrons. The molecular formula is C29H33F6NO2. The number of ether oxygens (including phenoxy) is 1. The Morgan fingerprint density at radius 3 is 2.39 bits per heavy atom. The van der Waals surface area contributed by atoms with Crippen LogP contribution >= 0.6 is 0 Å². The lowest BCUT2D eigenvalue weighted by atomic mass is 9.89. The fraction of sp³-hybridized carbons (Fsp3) is 0.448. The van der Waals surface area contributed by atoms with Crippen molar-refractivity contribution in [3.05, 3.63) is 70.0 Å². The average Bonchev–Trinajstić information content (AvgIpc) is 2.87. The fourth-order valence-electron chi connectivity index (χ4n) is 4.50. The van der Waals surface area contributed by atoms with Gasteiger partial charge in [0.1, 0.15) is 5.75 Å². The van der Waals surface area contributed by atoms with E-state index in [2.05, 4.69) is 16.1 Å². The number of alkyl halides is 6. The molecule has 0 saturated heterocycles. The third-order valence-corrected chi connectivity index (χ3v) is 6.96. The van der Waals surface area contributed by atoms with Crippen LogP contribution in [0, 0.1) is 0 Å². The molecule has 3 nitrogen and oxygen atoms in total. The molecule has 1 heterocycles. The van der Waals surface area contributed by atoms with Crippen molar-refractivity contribution in [2.24, 2.45) is 0 Å². The molecule has 0 aliphatic carbocycles. The van der Waals surface area contributed by atoms with E-state index in [-0.39, 0.29) is 11.3 Å². The molecule has 1 unspecified atom stereocenters. The molecule has 9 heteroatoms. The number of aliphatic hydroxyl groups excluding tert-OH is 1. The van der Waals surface area contributed by atoms with Gasteiger partial charge in [-0.15, -0.1) is 0 Å². The molecule has 1 atom stereocenters. The second kappa shape index (κ2) is 11.7. The van der Waals surface area contributed by atoms with Crippen LogP contribution in [0.3, 0.4) is 0 Å². The van der Waals surface area contributed by atoms with Crippen molar-refractivity contribution in [3.63, 3.8) is 0 Å². The maximum atomic E-state index is 13.7. The molecule has 0 saturated carbocycles. The first-order chi connectivity index (χ1) is 17.7. The number of nitrogens with one attached hydrogen (secondary N) is 1. The number of para-hydroxylation sites is 1. The van der Waals surface area contributed by atoms with E-state index in [9.17, 15) is 31.4 Å². The fourth-order valence-corrected chi connectivity index (χ4v) is 4.50. The summed E-state index contributed by atoms with van der Waals surface area (Å²) in [5.74, 6) is -0.605. The Morgan fingerprint density at radius 1 is 1.05 bits per heavy atom. The van der Waals surface area contributed by atoms with Gasteiger partial charge in [-0.3, -0.25) is 0 Å². The standard InChI is InChI=1S/C29H33F6NO2/c1-5-25(37)22(23-10-6-8-20-9-7-15-36-27(20)23)13-11-17(2)18(3)21-12-14-26(24(16-21)29(33,34)35)38-19(4)28(30,31)32/h6,8,10,12,14,16,19,36-37H,5,7,9,11,13,15H2,1-4H3/b18-17+,25-22+. The number of anilines is 1. The lowest BCUT2D eigenvalue weighted by Gasteiger charge is -2.23. The predicted octanol–water partition coefficient (Wildman–Crippen LogP) is 9.35. The van der Waals surface area contributed by atoms with Gasteiger partial charge in [-0.25, -0.2) is 0 Å². The third-order valence-electron chi connectivity index (χ3n) is 6.96. The largest absolute Gasteiger partial charge is 0.512 e. The average molecular weight is 542 g/mol. The van der Waals surface area contributed by atoms with E-state index in [1.165, 1.54) is 11.6 Å². The Bertz CT molecular complexity index is 1210. The van der Waals surface area contributed by atoms with Crippen molar-refractivity contribution in [2.45, 2.75) is 78.3 Å². The van der Waals surface area contributed by atoms with Crippen molar-refractivity contribution in [3.8, 4) is 5.75 Å². The van der Waals surface area contributed by atoms with E-state index in [4.69, 9.17) is 0 Å². The molecule has 0 aromatic heterocycles. The summed E-state index contributed by atoms with van der Waals surface area (Å²) >= 11 is 0. The van der Waals surface area contributed by atoms with Crippen LogP contribution in [0.15, 0.2) is 47.7 Å². The van der Waals surface area contributed by atoms with Crippen LogP contribution in [0.5, 0.6) is 5.75 Å². The van der Waals surface area contributed by atoms with Crippen LogP contribution in [0.4, 0.5) is 32.0 Å². The molecule has 208 valence electrons. The van der Waals surface area contributed by atoms with Crippen LogP contribution in [-0.2, 0) is 12.6 Å². The van der Waals surface area contributed by atoms with Gasteiger partial charge in [-0.1, -0.05) is 36.8 Å². The molecule has 1 aliphatic heterocycles. The summed E-state index contributed by atoms with van der Waals surface area (Å²) in [5.41, 5.74) is 4.25. The topological polar surface area (TPSA) is 41.5 Å². The molecule has 2 aromatic carbocycles. The second-order valence-corrected chi connectivity index (χ2v) is 9.56. The summed E-state index contributed by atoms with van der Waals surface area (Å²) in [5, 5.41) is 14.2. The highest BCUT2D eigenvalue weighted by Crippen LogP contribution is 2.41. The van der Waals surface area contributed by atoms with Gasteiger partial charge in [-0.05, 0) is 80.9 Å². The number of aliphatic hydroxyl groups is 1. The first-order valence-corrected chi connectivity index (χ1v) is 12.6. The molecule has 0 bridgehead atoms. The summed E-state index contributed by atoms with van der Waals surface area (Å²) in [6, 6.07) is 9.08. The molecule has 1 aliphatic rings. The lowest BCUT2D eigenvalue weighted by Crippen LogP contribution is -2.31. The van der Waals surface area contributed by atoms with Crippen molar-refractivity contribution in [1.29, 1.82) is 0 Å². The number of halogens is 6. The van der Waals surface area contributed by atoms with Crippen LogP contribution in [-0.4, -0.2) is 23.9 Å². The van der Waals surface area contributed by atoms with Gasteiger partial charge in [0.2, 0.25) is 0 Å². The second-order valence-electron chi connectivity index (χ2n) is 9.56. The molecule has 2 aromatic rings. The number of hydrogen-bond acceptors (Lipinski definition) is 3. The lowest BCUT2D eigenvalue weighted by molar-refractivity contribution is -0.191. The van der Waals surface area contributed by atoms with Crippen LogP contribution in [0.1, 0.15) is 75.6 Å². The van der Waals surface area contributed by atoms with Crippen molar-refractivity contribution in [1.82, 2.24) is 0 Å². The van der Waals surface area contributed by atoms with Gasteiger partial charge in [0.25, 0.3) is 0 Å². The van der Waals surface area contributed by atoms with Crippen LogP contribution in [0.2, 0.25) is 0 Å². The normalized spacial score (nSPS) is 16.2. The molecule has 2 N–H and O–H groups in total. The molecule has 0 spiro atoms. The number of hydrogen-bond donors (Lipinski definition) is 2. The maximum absolute atomic E-state index is 13.7. The monoisotopic (exact) mass is 541 g/mol. The smallest absolute Gasteiger partial charge is 0.425 e. The van der Waals surface area contributed by atoms with E-state index in [0.29, 0.717) is 31.8 Å². The zero-order valence-electron chi connectivity index (χ0n) is 21.9. The highest BCUT2D eigenvalue weighted by Gasteiger charge is 2.41. The number of allylic oxidation sites excluding steroid dienone is 4. The summed E-state index contributed by atoms with van der Waals surface area (Å²) < 4.78 is 84.5. The van der Waals surface area contributed by atoms with Gasteiger partial charge >= 0.3 is 12.4 Å². The number of aryl methyl sites for hydroxylation is 1. The number of rotatable bonds is 8. The Labute approximate surface area is 219 Å². The molecule has 0 amide bonds. The third kappa shape index (κ3) is 6.85. The zero-order valence-corrected chi connectivity index (χ0v) is 21.9. The van der Waals surface area contributed by atoms with Crippen molar-refractivity contribution < 1.29 is 36.2 Å². The first kappa shape index (κ1) is 29.5. The van der Waals surface area contributed by atoms with E-state index >= 15 is 0 Å². The van der Waals surface area contributed by atoms with Crippen LogP contribution < -0.4 is 10.1 Å². The minimum atomic E-state index is -4.90. The number of benzene rings is 2. The quantitative estimate of drug-likeness (QED) is 0.258. The highest BCUT2D eigenvalue weighted by atomic mass is 19.4. The van der Waals surface area contributed by atoms with E-state index < -0.39 is 29.8 Å². The first-order valence-electron chi connectivity index (χ1n) is 12.6. The molecule has 38 heavy (non-hydrogen) atoms. The Balaban J connectivity index is 1.91. The minimum Gasteiger partial charge on any atom is -0.512 e. The maximum Gasteiger partial charge on any atom is 0.425 e. The van der Waals surface area contributed by atoms with Gasteiger partial charge in [-0.2, -0.15) is 26.3 Å². The summed E-state index contributed by atoms with van der Waals surface area (Å²) in [6.45, 7) is 6.84.